The summed E-state index contributed by atoms with van der Waals surface area (Å²) in [7, 11) is 0. The van der Waals surface area contributed by atoms with Crippen molar-refractivity contribution < 1.29 is 14.3 Å². The minimum atomic E-state index is -0.610. The quantitative estimate of drug-likeness (QED) is 0.910. The highest BCUT2D eigenvalue weighted by Gasteiger charge is 2.14. The van der Waals surface area contributed by atoms with Crippen molar-refractivity contribution in [3.05, 3.63) is 63.9 Å². The molecule has 0 radical (unpaired) electrons. The summed E-state index contributed by atoms with van der Waals surface area (Å²) in [6.45, 7) is -0.197. The Labute approximate surface area is 118 Å². The number of nitrogens with one attached hydrogen (secondary N) is 1. The molecule has 0 aliphatic carbocycles. The number of hydrogen-bond donors (Lipinski definition) is 2. The van der Waals surface area contributed by atoms with Crippen LogP contribution in [0.3, 0.4) is 0 Å². The Kier molecular flexibility index (Phi) is 4.29. The summed E-state index contributed by atoms with van der Waals surface area (Å²) in [5, 5.41) is 11.8. The van der Waals surface area contributed by atoms with Crippen LogP contribution in [0, 0.1) is 5.82 Å². The van der Waals surface area contributed by atoms with Crippen LogP contribution in [0.4, 0.5) is 10.1 Å². The molecule has 3 nitrogen and oxygen atoms in total. The van der Waals surface area contributed by atoms with Crippen LogP contribution in [-0.4, -0.2) is 11.0 Å². The summed E-state index contributed by atoms with van der Waals surface area (Å²) in [5.41, 5.74) is 0.989. The van der Waals surface area contributed by atoms with E-state index >= 15 is 0 Å². The minimum Gasteiger partial charge on any atom is -0.392 e. The molecule has 0 bridgehead atoms. The van der Waals surface area contributed by atoms with Crippen molar-refractivity contribution in [1.29, 1.82) is 0 Å². The average molecular weight is 324 g/mol. The van der Waals surface area contributed by atoms with Gasteiger partial charge in [-0.1, -0.05) is 24.3 Å². The van der Waals surface area contributed by atoms with Gasteiger partial charge in [0.2, 0.25) is 0 Å². The predicted molar refractivity (Wildman–Crippen MR) is 74.4 cm³/mol. The summed E-state index contributed by atoms with van der Waals surface area (Å²) < 4.78 is 14.0. The Morgan fingerprint density at radius 3 is 2.68 bits per heavy atom. The van der Waals surface area contributed by atoms with Gasteiger partial charge in [0, 0.05) is 11.3 Å². The first-order valence-electron chi connectivity index (χ1n) is 5.57. The lowest BCUT2D eigenvalue weighted by Gasteiger charge is -2.10. The smallest absolute Gasteiger partial charge is 0.258 e. The molecule has 0 aliphatic heterocycles. The molecule has 0 atom stereocenters. The summed E-state index contributed by atoms with van der Waals surface area (Å²) in [4.78, 5) is 12.0. The Morgan fingerprint density at radius 2 is 1.95 bits per heavy atom. The maximum absolute atomic E-state index is 13.8. The van der Waals surface area contributed by atoms with Crippen LogP contribution >= 0.6 is 15.9 Å². The number of aliphatic hydroxyl groups excluding tert-OH is 1. The number of halogens is 2. The van der Waals surface area contributed by atoms with E-state index in [2.05, 4.69) is 21.2 Å². The van der Waals surface area contributed by atoms with Crippen molar-refractivity contribution in [3.8, 4) is 0 Å². The number of hydrogen-bond acceptors (Lipinski definition) is 2. The van der Waals surface area contributed by atoms with E-state index in [1.807, 2.05) is 0 Å². The number of aliphatic hydroxyl groups is 1. The highest BCUT2D eigenvalue weighted by atomic mass is 79.9. The number of anilines is 1. The Balaban J connectivity index is 2.28. The molecule has 0 heterocycles. The van der Waals surface area contributed by atoms with Crippen LogP contribution in [0.25, 0.3) is 0 Å². The number of para-hydroxylation sites is 1. The van der Waals surface area contributed by atoms with E-state index < -0.39 is 11.7 Å². The second-order valence-electron chi connectivity index (χ2n) is 3.87. The van der Waals surface area contributed by atoms with Crippen molar-refractivity contribution in [2.24, 2.45) is 0 Å². The topological polar surface area (TPSA) is 49.3 Å². The third-order valence-corrected chi connectivity index (χ3v) is 3.24. The van der Waals surface area contributed by atoms with Gasteiger partial charge in [-0.25, -0.2) is 4.39 Å². The summed E-state index contributed by atoms with van der Waals surface area (Å²) in [5.74, 6) is -1.17. The zero-order chi connectivity index (χ0) is 13.8. The number of amides is 1. The molecule has 2 aromatic rings. The number of rotatable bonds is 3. The molecule has 0 saturated carbocycles. The van der Waals surface area contributed by atoms with Crippen molar-refractivity contribution in [2.45, 2.75) is 6.61 Å². The zero-order valence-corrected chi connectivity index (χ0v) is 11.4. The summed E-state index contributed by atoms with van der Waals surface area (Å²) >= 11 is 3.03. The molecule has 2 aromatic carbocycles. The number of benzene rings is 2. The molecule has 1 amide bonds. The summed E-state index contributed by atoms with van der Waals surface area (Å²) in [6, 6.07) is 11.3. The normalized spacial score (nSPS) is 10.3. The molecule has 98 valence electrons. The third-order valence-electron chi connectivity index (χ3n) is 2.63. The minimum absolute atomic E-state index is 0.0536. The molecule has 2 N–H and O–H groups in total. The lowest BCUT2D eigenvalue weighted by atomic mass is 10.1. The van der Waals surface area contributed by atoms with Crippen molar-refractivity contribution >= 4 is 27.5 Å². The molecule has 2 rings (SSSR count). The maximum Gasteiger partial charge on any atom is 0.258 e. The standard InChI is InChI=1S/C14H11BrFNO2/c15-11-6-3-5-10(13(11)16)14(19)17-12-7-2-1-4-9(12)8-18/h1-7,18H,8H2,(H,17,19). The van der Waals surface area contributed by atoms with Gasteiger partial charge >= 0.3 is 0 Å². The van der Waals surface area contributed by atoms with Crippen LogP contribution in [0.15, 0.2) is 46.9 Å². The van der Waals surface area contributed by atoms with Crippen LogP contribution in [0.5, 0.6) is 0 Å². The molecule has 0 unspecified atom stereocenters. The summed E-state index contributed by atoms with van der Waals surface area (Å²) in [6.07, 6.45) is 0. The molecule has 5 heteroatoms. The molecule has 0 saturated heterocycles. The van der Waals surface area contributed by atoms with Gasteiger partial charge < -0.3 is 10.4 Å². The van der Waals surface area contributed by atoms with Gasteiger partial charge in [0.05, 0.1) is 16.6 Å². The average Bonchev–Trinajstić information content (AvgIpc) is 2.42. The zero-order valence-electron chi connectivity index (χ0n) is 9.86. The monoisotopic (exact) mass is 323 g/mol. The first-order valence-corrected chi connectivity index (χ1v) is 6.37. The fourth-order valence-electron chi connectivity index (χ4n) is 1.65. The Hall–Kier alpha value is -1.72. The molecular weight excluding hydrogens is 313 g/mol. The van der Waals surface area contributed by atoms with E-state index in [0.29, 0.717) is 11.3 Å². The van der Waals surface area contributed by atoms with E-state index in [-0.39, 0.29) is 16.6 Å². The molecule has 0 spiro atoms. The first-order chi connectivity index (χ1) is 9.13. The fraction of sp³-hybridized carbons (Fsp3) is 0.0714. The van der Waals surface area contributed by atoms with Gasteiger partial charge in [0.25, 0.3) is 5.91 Å². The number of carbonyl (C=O) groups is 1. The van der Waals surface area contributed by atoms with Crippen LogP contribution < -0.4 is 5.32 Å². The lowest BCUT2D eigenvalue weighted by molar-refractivity contribution is 0.102. The van der Waals surface area contributed by atoms with Crippen LogP contribution in [0.2, 0.25) is 0 Å². The Morgan fingerprint density at radius 1 is 1.21 bits per heavy atom. The van der Waals surface area contributed by atoms with Gasteiger partial charge in [-0.15, -0.1) is 0 Å². The highest BCUT2D eigenvalue weighted by molar-refractivity contribution is 9.10. The Bertz CT molecular complexity index is 616. The maximum atomic E-state index is 13.8. The van der Waals surface area contributed by atoms with Crippen molar-refractivity contribution in [1.82, 2.24) is 0 Å². The lowest BCUT2D eigenvalue weighted by Crippen LogP contribution is -2.15. The van der Waals surface area contributed by atoms with Gasteiger partial charge in [0.1, 0.15) is 5.82 Å². The second-order valence-corrected chi connectivity index (χ2v) is 4.73. The van der Waals surface area contributed by atoms with Gasteiger partial charge in [-0.05, 0) is 34.1 Å². The SMILES string of the molecule is O=C(Nc1ccccc1CO)c1cccc(Br)c1F. The van der Waals surface area contributed by atoms with Crippen LogP contribution in [-0.2, 0) is 6.61 Å². The van der Waals surface area contributed by atoms with E-state index in [0.717, 1.165) is 0 Å². The molecule has 19 heavy (non-hydrogen) atoms. The highest BCUT2D eigenvalue weighted by Crippen LogP contribution is 2.21. The van der Waals surface area contributed by atoms with Crippen molar-refractivity contribution in [2.75, 3.05) is 5.32 Å². The van der Waals surface area contributed by atoms with Gasteiger partial charge in [0.15, 0.2) is 0 Å². The van der Waals surface area contributed by atoms with Crippen LogP contribution in [0.1, 0.15) is 15.9 Å². The molecular formula is C14H11BrFNO2. The second kappa shape index (κ2) is 5.95. The van der Waals surface area contributed by atoms with Crippen molar-refractivity contribution in [3.63, 3.8) is 0 Å². The van der Waals surface area contributed by atoms with E-state index in [1.54, 1.807) is 30.3 Å². The van der Waals surface area contributed by atoms with E-state index in [1.165, 1.54) is 12.1 Å². The van der Waals surface area contributed by atoms with Gasteiger partial charge in [-0.2, -0.15) is 0 Å². The molecule has 0 aliphatic rings. The molecule has 0 fully saturated rings. The van der Waals surface area contributed by atoms with E-state index in [4.69, 9.17) is 5.11 Å². The number of carbonyl (C=O) groups excluding carboxylic acids is 1. The third kappa shape index (κ3) is 3.00. The van der Waals surface area contributed by atoms with Gasteiger partial charge in [-0.3, -0.25) is 4.79 Å². The van der Waals surface area contributed by atoms with E-state index in [9.17, 15) is 9.18 Å². The molecule has 0 aromatic heterocycles. The fourth-order valence-corrected chi connectivity index (χ4v) is 2.02. The predicted octanol–water partition coefficient (Wildman–Crippen LogP) is 3.33. The largest absolute Gasteiger partial charge is 0.392 e. The first kappa shape index (κ1) is 13.7.